The summed E-state index contributed by atoms with van der Waals surface area (Å²) >= 11 is 3.43. The average molecular weight is 310 g/mol. The van der Waals surface area contributed by atoms with Gasteiger partial charge in [0.15, 0.2) is 0 Å². The molecule has 1 aromatic carbocycles. The van der Waals surface area contributed by atoms with Crippen LogP contribution in [-0.4, -0.2) is 22.7 Å². The van der Waals surface area contributed by atoms with Crippen LogP contribution < -0.4 is 5.32 Å². The number of nitrogens with zero attached hydrogens (tertiary/aromatic N) is 2. The number of hydrogen-bond acceptors (Lipinski definition) is 4. The van der Waals surface area contributed by atoms with E-state index in [2.05, 4.69) is 45.2 Å². The van der Waals surface area contributed by atoms with E-state index in [1.807, 2.05) is 24.3 Å². The van der Waals surface area contributed by atoms with E-state index in [4.69, 9.17) is 4.52 Å². The molecule has 0 saturated heterocycles. The van der Waals surface area contributed by atoms with Gasteiger partial charge in [0.1, 0.15) is 0 Å². The molecule has 0 atom stereocenters. The maximum absolute atomic E-state index is 5.22. The van der Waals surface area contributed by atoms with E-state index >= 15 is 0 Å². The molecular formula is C13H16BrN3O. The van der Waals surface area contributed by atoms with Crippen molar-refractivity contribution >= 4 is 15.9 Å². The summed E-state index contributed by atoms with van der Waals surface area (Å²) in [5, 5.41) is 7.31. The third-order valence-corrected chi connectivity index (χ3v) is 2.94. The molecule has 0 bridgehead atoms. The molecule has 0 saturated carbocycles. The topological polar surface area (TPSA) is 51.0 Å². The zero-order chi connectivity index (χ0) is 13.0. The fourth-order valence-electron chi connectivity index (χ4n) is 1.57. The second-order valence-electron chi connectivity index (χ2n) is 4.38. The highest BCUT2D eigenvalue weighted by atomic mass is 79.9. The lowest BCUT2D eigenvalue weighted by molar-refractivity contribution is 0.374. The van der Waals surface area contributed by atoms with E-state index in [-0.39, 0.29) is 0 Å². The van der Waals surface area contributed by atoms with Crippen LogP contribution in [-0.2, 0) is 6.42 Å². The van der Waals surface area contributed by atoms with E-state index in [1.165, 1.54) is 0 Å². The van der Waals surface area contributed by atoms with Crippen LogP contribution in [0.3, 0.4) is 0 Å². The van der Waals surface area contributed by atoms with E-state index < -0.39 is 0 Å². The predicted molar refractivity (Wildman–Crippen MR) is 74.3 cm³/mol. The van der Waals surface area contributed by atoms with Crippen LogP contribution in [0, 0.1) is 0 Å². The molecule has 0 spiro atoms. The van der Waals surface area contributed by atoms with Gasteiger partial charge in [-0.25, -0.2) is 0 Å². The smallest absolute Gasteiger partial charge is 0.228 e. The lowest BCUT2D eigenvalue weighted by Crippen LogP contribution is -2.25. The van der Waals surface area contributed by atoms with Crippen molar-refractivity contribution in [3.8, 4) is 11.4 Å². The molecule has 4 nitrogen and oxygen atoms in total. The van der Waals surface area contributed by atoms with Crippen LogP contribution in [0.15, 0.2) is 33.3 Å². The largest absolute Gasteiger partial charge is 0.339 e. The van der Waals surface area contributed by atoms with Crippen LogP contribution in [0.25, 0.3) is 11.4 Å². The average Bonchev–Trinajstić information content (AvgIpc) is 2.77. The monoisotopic (exact) mass is 309 g/mol. The minimum absolute atomic E-state index is 0.470. The molecule has 1 heterocycles. The first kappa shape index (κ1) is 13.2. The fraction of sp³-hybridized carbons (Fsp3) is 0.385. The number of aromatic nitrogens is 2. The van der Waals surface area contributed by atoms with Crippen molar-refractivity contribution in [1.29, 1.82) is 0 Å². The SMILES string of the molecule is CC(C)NCCc1nc(-c2cccc(Br)c2)no1. The Morgan fingerprint density at radius 3 is 2.94 bits per heavy atom. The van der Waals surface area contributed by atoms with Crippen molar-refractivity contribution in [1.82, 2.24) is 15.5 Å². The summed E-state index contributed by atoms with van der Waals surface area (Å²) in [6.07, 6.45) is 0.749. The van der Waals surface area contributed by atoms with Gasteiger partial charge in [0.05, 0.1) is 0 Å². The molecular weight excluding hydrogens is 294 g/mol. The van der Waals surface area contributed by atoms with Crippen molar-refractivity contribution in [2.24, 2.45) is 0 Å². The van der Waals surface area contributed by atoms with Crippen LogP contribution >= 0.6 is 15.9 Å². The Hall–Kier alpha value is -1.20. The van der Waals surface area contributed by atoms with Crippen LogP contribution in [0.4, 0.5) is 0 Å². The molecule has 2 rings (SSSR count). The Bertz CT molecular complexity index is 510. The van der Waals surface area contributed by atoms with E-state index in [1.54, 1.807) is 0 Å². The van der Waals surface area contributed by atoms with Gasteiger partial charge in [-0.15, -0.1) is 0 Å². The molecule has 1 N–H and O–H groups in total. The normalized spacial score (nSPS) is 11.1. The molecule has 96 valence electrons. The highest BCUT2D eigenvalue weighted by Crippen LogP contribution is 2.20. The van der Waals surface area contributed by atoms with Gasteiger partial charge in [0, 0.05) is 29.0 Å². The lowest BCUT2D eigenvalue weighted by Gasteiger charge is -2.04. The molecule has 2 aromatic rings. The molecule has 0 fully saturated rings. The number of rotatable bonds is 5. The third-order valence-electron chi connectivity index (χ3n) is 2.44. The van der Waals surface area contributed by atoms with Crippen molar-refractivity contribution in [3.05, 3.63) is 34.6 Å². The minimum Gasteiger partial charge on any atom is -0.339 e. The van der Waals surface area contributed by atoms with Crippen LogP contribution in [0.1, 0.15) is 19.7 Å². The Kier molecular flexibility index (Phi) is 4.49. The summed E-state index contributed by atoms with van der Waals surface area (Å²) in [5.41, 5.74) is 0.955. The second kappa shape index (κ2) is 6.11. The van der Waals surface area contributed by atoms with Gasteiger partial charge in [-0.1, -0.05) is 47.1 Å². The minimum atomic E-state index is 0.470. The van der Waals surface area contributed by atoms with Gasteiger partial charge in [-0.3, -0.25) is 0 Å². The Morgan fingerprint density at radius 2 is 2.22 bits per heavy atom. The number of halogens is 1. The van der Waals surface area contributed by atoms with E-state index in [0.29, 0.717) is 17.8 Å². The van der Waals surface area contributed by atoms with E-state index in [0.717, 1.165) is 23.0 Å². The van der Waals surface area contributed by atoms with Crippen molar-refractivity contribution < 1.29 is 4.52 Å². The molecule has 5 heteroatoms. The third kappa shape index (κ3) is 3.65. The van der Waals surface area contributed by atoms with Gasteiger partial charge < -0.3 is 9.84 Å². The number of hydrogen-bond donors (Lipinski definition) is 1. The van der Waals surface area contributed by atoms with Crippen molar-refractivity contribution in [2.75, 3.05) is 6.54 Å². The molecule has 0 aliphatic carbocycles. The summed E-state index contributed by atoms with van der Waals surface area (Å²) in [5.74, 6) is 1.30. The Labute approximate surface area is 115 Å². The molecule has 0 amide bonds. The van der Waals surface area contributed by atoms with Gasteiger partial charge in [-0.2, -0.15) is 4.98 Å². The summed E-state index contributed by atoms with van der Waals surface area (Å²) in [6.45, 7) is 5.07. The zero-order valence-corrected chi connectivity index (χ0v) is 12.1. The summed E-state index contributed by atoms with van der Waals surface area (Å²) in [4.78, 5) is 4.38. The maximum Gasteiger partial charge on any atom is 0.228 e. The number of benzene rings is 1. The summed E-state index contributed by atoms with van der Waals surface area (Å²) in [7, 11) is 0. The zero-order valence-electron chi connectivity index (χ0n) is 10.5. The van der Waals surface area contributed by atoms with Gasteiger partial charge in [0.25, 0.3) is 0 Å². The number of nitrogens with one attached hydrogen (secondary N) is 1. The first-order valence-electron chi connectivity index (χ1n) is 5.97. The fourth-order valence-corrected chi connectivity index (χ4v) is 1.97. The van der Waals surface area contributed by atoms with Gasteiger partial charge >= 0.3 is 0 Å². The Morgan fingerprint density at radius 1 is 1.39 bits per heavy atom. The highest BCUT2D eigenvalue weighted by molar-refractivity contribution is 9.10. The van der Waals surface area contributed by atoms with Gasteiger partial charge in [0.2, 0.25) is 11.7 Å². The van der Waals surface area contributed by atoms with E-state index in [9.17, 15) is 0 Å². The summed E-state index contributed by atoms with van der Waals surface area (Å²) in [6, 6.07) is 8.33. The van der Waals surface area contributed by atoms with Crippen LogP contribution in [0.2, 0.25) is 0 Å². The maximum atomic E-state index is 5.22. The second-order valence-corrected chi connectivity index (χ2v) is 5.30. The van der Waals surface area contributed by atoms with Crippen molar-refractivity contribution in [2.45, 2.75) is 26.3 Å². The van der Waals surface area contributed by atoms with Gasteiger partial charge in [-0.05, 0) is 12.1 Å². The summed E-state index contributed by atoms with van der Waals surface area (Å²) < 4.78 is 6.23. The molecule has 0 radical (unpaired) electrons. The first-order valence-corrected chi connectivity index (χ1v) is 6.76. The molecule has 0 unspecified atom stereocenters. The Balaban J connectivity index is 2.02. The highest BCUT2D eigenvalue weighted by Gasteiger charge is 2.08. The molecule has 0 aliphatic rings. The van der Waals surface area contributed by atoms with Crippen LogP contribution in [0.5, 0.6) is 0 Å². The lowest BCUT2D eigenvalue weighted by atomic mass is 10.2. The molecule has 0 aliphatic heterocycles. The van der Waals surface area contributed by atoms with Crippen molar-refractivity contribution in [3.63, 3.8) is 0 Å². The quantitative estimate of drug-likeness (QED) is 0.922. The first-order chi connectivity index (χ1) is 8.65. The predicted octanol–water partition coefficient (Wildman–Crippen LogP) is 3.04. The molecule has 18 heavy (non-hydrogen) atoms. The standard InChI is InChI=1S/C13H16BrN3O/c1-9(2)15-7-6-12-16-13(17-18-12)10-4-3-5-11(14)8-10/h3-5,8-9,15H,6-7H2,1-2H3. The molecule has 1 aromatic heterocycles.